The average Bonchev–Trinajstić information content (AvgIpc) is 3.00. The summed E-state index contributed by atoms with van der Waals surface area (Å²) in [5, 5.41) is 4.80. The number of aryl methyl sites for hydroxylation is 2. The number of hydrogen-bond acceptors (Lipinski definition) is 5. The second-order valence-electron chi connectivity index (χ2n) is 8.07. The Hall–Kier alpha value is -3.44. The summed E-state index contributed by atoms with van der Waals surface area (Å²) >= 11 is 0. The second-order valence-corrected chi connectivity index (χ2v) is 8.07. The fourth-order valence-electron chi connectivity index (χ4n) is 3.96. The van der Waals surface area contributed by atoms with E-state index in [1.807, 2.05) is 0 Å². The van der Waals surface area contributed by atoms with Crippen molar-refractivity contribution in [2.45, 2.75) is 13.8 Å². The summed E-state index contributed by atoms with van der Waals surface area (Å²) in [6, 6.07) is 23.3. The molecule has 0 atom stereocenters. The first kappa shape index (κ1) is 19.5. The van der Waals surface area contributed by atoms with E-state index in [-0.39, 0.29) is 0 Å². The number of nitrogens with zero attached hydrogens (tertiary/aromatic N) is 3. The molecule has 156 valence electrons. The van der Waals surface area contributed by atoms with Crippen LogP contribution in [0, 0.1) is 13.8 Å². The molecule has 0 aliphatic carbocycles. The molecular formula is C26H26N4O. The molecule has 0 saturated carbocycles. The number of ether oxygens (including phenoxy) is 1. The lowest BCUT2D eigenvalue weighted by molar-refractivity contribution is 0.122. The third-order valence-electron chi connectivity index (χ3n) is 5.76. The van der Waals surface area contributed by atoms with E-state index in [1.165, 1.54) is 16.8 Å². The predicted molar refractivity (Wildman–Crippen MR) is 127 cm³/mol. The monoisotopic (exact) mass is 410 g/mol. The minimum Gasteiger partial charge on any atom is -0.378 e. The second kappa shape index (κ2) is 8.36. The van der Waals surface area contributed by atoms with Gasteiger partial charge in [0, 0.05) is 35.5 Å². The topological polar surface area (TPSA) is 49.2 Å². The van der Waals surface area contributed by atoms with Gasteiger partial charge in [0.1, 0.15) is 0 Å². The van der Waals surface area contributed by atoms with Gasteiger partial charge in [-0.15, -0.1) is 0 Å². The lowest BCUT2D eigenvalue weighted by Crippen LogP contribution is -2.36. The molecule has 0 aromatic heterocycles. The lowest BCUT2D eigenvalue weighted by Gasteiger charge is -2.29. The van der Waals surface area contributed by atoms with Gasteiger partial charge in [0.25, 0.3) is 0 Å². The maximum absolute atomic E-state index is 5.48. The molecular weight excluding hydrogens is 384 g/mol. The summed E-state index contributed by atoms with van der Waals surface area (Å²) in [5.41, 5.74) is 11.8. The first-order valence-corrected chi connectivity index (χ1v) is 10.7. The van der Waals surface area contributed by atoms with Gasteiger partial charge in [0.2, 0.25) is 0 Å². The summed E-state index contributed by atoms with van der Waals surface area (Å²) < 4.78 is 5.48. The van der Waals surface area contributed by atoms with Gasteiger partial charge in [0.05, 0.1) is 24.6 Å². The van der Waals surface area contributed by atoms with Crippen LogP contribution in [0.25, 0.3) is 0 Å². The number of hydrogen-bond donors (Lipinski definition) is 1. The Bertz CT molecular complexity index is 1140. The van der Waals surface area contributed by atoms with E-state index in [9.17, 15) is 0 Å². The number of morpholine rings is 1. The third-order valence-corrected chi connectivity index (χ3v) is 5.76. The number of nitrogens with one attached hydrogen (secondary N) is 1. The van der Waals surface area contributed by atoms with Gasteiger partial charge in [-0.25, -0.2) is 4.99 Å². The highest BCUT2D eigenvalue weighted by atomic mass is 16.5. The van der Waals surface area contributed by atoms with E-state index in [4.69, 9.17) is 14.8 Å². The van der Waals surface area contributed by atoms with E-state index < -0.39 is 0 Å². The Labute approximate surface area is 183 Å². The Balaban J connectivity index is 1.52. The van der Waals surface area contributed by atoms with Crippen LogP contribution in [0.4, 0.5) is 11.4 Å². The molecule has 0 spiro atoms. The average molecular weight is 411 g/mol. The minimum absolute atomic E-state index is 0.755. The lowest BCUT2D eigenvalue weighted by atomic mass is 9.98. The van der Waals surface area contributed by atoms with Crippen LogP contribution >= 0.6 is 0 Å². The van der Waals surface area contributed by atoms with Crippen molar-refractivity contribution in [2.75, 3.05) is 31.2 Å². The first-order valence-electron chi connectivity index (χ1n) is 10.7. The largest absolute Gasteiger partial charge is 0.378 e. The van der Waals surface area contributed by atoms with Crippen LogP contribution in [0.2, 0.25) is 0 Å². The highest BCUT2D eigenvalue weighted by Gasteiger charge is 2.18. The molecule has 1 saturated heterocycles. The van der Waals surface area contributed by atoms with Gasteiger partial charge in [-0.05, 0) is 38.1 Å². The highest BCUT2D eigenvalue weighted by molar-refractivity contribution is 6.18. The number of hydrazone groups is 1. The molecule has 5 nitrogen and oxygen atoms in total. The molecule has 5 rings (SSSR count). The van der Waals surface area contributed by atoms with Crippen molar-refractivity contribution >= 4 is 22.9 Å². The van der Waals surface area contributed by atoms with Crippen LogP contribution < -0.4 is 10.3 Å². The van der Waals surface area contributed by atoms with E-state index >= 15 is 0 Å². The molecule has 2 aliphatic rings. The van der Waals surface area contributed by atoms with Gasteiger partial charge < -0.3 is 9.64 Å². The van der Waals surface area contributed by atoms with Gasteiger partial charge in [0.15, 0.2) is 5.84 Å². The van der Waals surface area contributed by atoms with E-state index in [0.29, 0.717) is 0 Å². The normalized spacial score (nSPS) is 16.0. The van der Waals surface area contributed by atoms with Crippen LogP contribution in [-0.2, 0) is 4.74 Å². The molecule has 1 fully saturated rings. The molecule has 0 bridgehead atoms. The first-order chi connectivity index (χ1) is 15.2. The highest BCUT2D eigenvalue weighted by Crippen LogP contribution is 2.28. The SMILES string of the molecule is Cc1ccc(C2=Nc3ccc(C)cc3C(c3ccc(N4CCOCC4)cc3)=NN2)cc1. The Morgan fingerprint density at radius 2 is 1.48 bits per heavy atom. The van der Waals surface area contributed by atoms with Gasteiger partial charge in [-0.1, -0.05) is 53.6 Å². The van der Waals surface area contributed by atoms with Gasteiger partial charge >= 0.3 is 0 Å². The molecule has 3 aromatic carbocycles. The minimum atomic E-state index is 0.755. The fraction of sp³-hybridized carbons (Fsp3) is 0.231. The smallest absolute Gasteiger partial charge is 0.154 e. The molecule has 0 radical (unpaired) electrons. The number of anilines is 1. The van der Waals surface area contributed by atoms with Crippen molar-refractivity contribution < 1.29 is 4.74 Å². The molecule has 2 heterocycles. The maximum Gasteiger partial charge on any atom is 0.154 e. The Morgan fingerprint density at radius 1 is 0.806 bits per heavy atom. The predicted octanol–water partition coefficient (Wildman–Crippen LogP) is 4.57. The summed E-state index contributed by atoms with van der Waals surface area (Å²) in [6.07, 6.45) is 0. The molecule has 3 aromatic rings. The molecule has 0 unspecified atom stereocenters. The van der Waals surface area contributed by atoms with Crippen LogP contribution in [-0.4, -0.2) is 37.9 Å². The fourth-order valence-corrected chi connectivity index (χ4v) is 3.96. The van der Waals surface area contributed by atoms with E-state index in [2.05, 4.69) is 90.9 Å². The number of benzene rings is 3. The summed E-state index contributed by atoms with van der Waals surface area (Å²) in [6.45, 7) is 7.60. The number of fused-ring (bicyclic) bond motifs is 1. The zero-order valence-electron chi connectivity index (χ0n) is 17.9. The molecule has 2 aliphatic heterocycles. The summed E-state index contributed by atoms with van der Waals surface area (Å²) in [5.74, 6) is 0.755. The van der Waals surface area contributed by atoms with Gasteiger partial charge in [-0.2, -0.15) is 5.10 Å². The van der Waals surface area contributed by atoms with Crippen molar-refractivity contribution in [1.82, 2.24) is 5.43 Å². The number of rotatable bonds is 3. The molecule has 0 amide bonds. The zero-order chi connectivity index (χ0) is 21.2. The maximum atomic E-state index is 5.48. The Morgan fingerprint density at radius 3 is 2.23 bits per heavy atom. The molecule has 5 heteroatoms. The zero-order valence-corrected chi connectivity index (χ0v) is 17.9. The Kier molecular flexibility index (Phi) is 5.26. The molecule has 31 heavy (non-hydrogen) atoms. The number of aliphatic imine (C=N–C) groups is 1. The van der Waals surface area contributed by atoms with Crippen molar-refractivity contribution in [3.63, 3.8) is 0 Å². The molecule has 1 N–H and O–H groups in total. The van der Waals surface area contributed by atoms with Crippen LogP contribution in [0.5, 0.6) is 0 Å². The standard InChI is InChI=1S/C26H26N4O/c1-18-3-6-21(7-4-18)26-27-24-12-5-19(2)17-23(24)25(28-29-26)20-8-10-22(11-9-20)30-13-15-31-16-14-30/h3-12,17H,13-16H2,1-2H3,(H,27,29). The summed E-state index contributed by atoms with van der Waals surface area (Å²) in [7, 11) is 0. The van der Waals surface area contributed by atoms with Crippen LogP contribution in [0.15, 0.2) is 76.8 Å². The van der Waals surface area contributed by atoms with Crippen molar-refractivity contribution in [3.05, 3.63) is 94.5 Å². The number of amidine groups is 1. The van der Waals surface area contributed by atoms with Crippen molar-refractivity contribution in [2.24, 2.45) is 10.1 Å². The van der Waals surface area contributed by atoms with Crippen molar-refractivity contribution in [3.8, 4) is 0 Å². The van der Waals surface area contributed by atoms with Crippen molar-refractivity contribution in [1.29, 1.82) is 0 Å². The van der Waals surface area contributed by atoms with Crippen LogP contribution in [0.3, 0.4) is 0 Å². The quantitative estimate of drug-likeness (QED) is 0.688. The van der Waals surface area contributed by atoms with Gasteiger partial charge in [-0.3, -0.25) is 5.43 Å². The third kappa shape index (κ3) is 4.09. The van der Waals surface area contributed by atoms with Crippen LogP contribution in [0.1, 0.15) is 27.8 Å². The summed E-state index contributed by atoms with van der Waals surface area (Å²) in [4.78, 5) is 7.27. The van der Waals surface area contributed by atoms with E-state index in [0.717, 1.165) is 60.2 Å². The van der Waals surface area contributed by atoms with E-state index in [1.54, 1.807) is 0 Å².